The van der Waals surface area contributed by atoms with Crippen LogP contribution in [0.15, 0.2) is 30.3 Å². The Morgan fingerprint density at radius 1 is 1.08 bits per heavy atom. The van der Waals surface area contributed by atoms with Crippen molar-refractivity contribution >= 4 is 40.4 Å². The molecule has 0 saturated carbocycles. The van der Waals surface area contributed by atoms with Gasteiger partial charge in [0.05, 0.1) is 9.90 Å². The summed E-state index contributed by atoms with van der Waals surface area (Å²) >= 11 is 13.1. The van der Waals surface area contributed by atoms with Gasteiger partial charge in [-0.1, -0.05) is 54.4 Å². The zero-order chi connectivity index (χ0) is 18.5. The van der Waals surface area contributed by atoms with E-state index in [-0.39, 0.29) is 5.91 Å². The molecule has 1 N–H and O–H groups in total. The minimum atomic E-state index is -0.198. The monoisotopic (exact) mass is 411 g/mol. The van der Waals surface area contributed by atoms with Crippen molar-refractivity contribution in [2.45, 2.75) is 20.0 Å². The van der Waals surface area contributed by atoms with Crippen LogP contribution in [-0.4, -0.2) is 48.4 Å². The first kappa shape index (κ1) is 19.6. The molecular weight excluding hydrogens is 389 g/mol. The number of rotatable bonds is 6. The first-order chi connectivity index (χ1) is 12.5. The molecule has 0 unspecified atom stereocenters. The van der Waals surface area contributed by atoms with Crippen LogP contribution in [0.3, 0.4) is 0 Å². The van der Waals surface area contributed by atoms with Gasteiger partial charge in [0.15, 0.2) is 0 Å². The van der Waals surface area contributed by atoms with Crippen LogP contribution in [0.25, 0.3) is 0 Å². The highest BCUT2D eigenvalue weighted by Gasteiger charge is 2.16. The van der Waals surface area contributed by atoms with Gasteiger partial charge in [-0.2, -0.15) is 0 Å². The maximum absolute atomic E-state index is 12.2. The lowest BCUT2D eigenvalue weighted by atomic mass is 10.1. The maximum Gasteiger partial charge on any atom is 0.253 e. The van der Waals surface area contributed by atoms with Gasteiger partial charge in [0.2, 0.25) is 0 Å². The second kappa shape index (κ2) is 9.20. The smallest absolute Gasteiger partial charge is 0.253 e. The summed E-state index contributed by atoms with van der Waals surface area (Å²) in [6, 6.07) is 10.0. The van der Waals surface area contributed by atoms with Gasteiger partial charge in [-0.15, -0.1) is 11.3 Å². The van der Waals surface area contributed by atoms with Gasteiger partial charge in [0.1, 0.15) is 4.34 Å². The predicted molar refractivity (Wildman–Crippen MR) is 109 cm³/mol. The number of nitrogens with one attached hydrogen (secondary N) is 1. The van der Waals surface area contributed by atoms with Crippen LogP contribution in [0.1, 0.15) is 28.4 Å². The van der Waals surface area contributed by atoms with Crippen molar-refractivity contribution < 1.29 is 4.79 Å². The fourth-order valence-electron chi connectivity index (χ4n) is 3.06. The summed E-state index contributed by atoms with van der Waals surface area (Å²) in [5, 5.41) is 2.89. The fourth-order valence-corrected chi connectivity index (χ4v) is 4.52. The van der Waals surface area contributed by atoms with Crippen molar-refractivity contribution in [3.05, 3.63) is 55.7 Å². The summed E-state index contributed by atoms with van der Waals surface area (Å²) in [4.78, 5) is 17.1. The Morgan fingerprint density at radius 3 is 2.27 bits per heavy atom. The topological polar surface area (TPSA) is 35.6 Å². The van der Waals surface area contributed by atoms with Crippen molar-refractivity contribution in [2.75, 3.05) is 32.7 Å². The quantitative estimate of drug-likeness (QED) is 0.775. The third-order valence-electron chi connectivity index (χ3n) is 4.70. The minimum absolute atomic E-state index is 0.198. The van der Waals surface area contributed by atoms with E-state index < -0.39 is 0 Å². The third kappa shape index (κ3) is 5.21. The maximum atomic E-state index is 12.2. The first-order valence-electron chi connectivity index (χ1n) is 8.80. The molecule has 26 heavy (non-hydrogen) atoms. The molecule has 0 radical (unpaired) electrons. The van der Waals surface area contributed by atoms with E-state index in [0.29, 0.717) is 20.8 Å². The lowest BCUT2D eigenvalue weighted by molar-refractivity contribution is 0.0951. The molecule has 1 aliphatic rings. The molecule has 0 bridgehead atoms. The highest BCUT2D eigenvalue weighted by molar-refractivity contribution is 7.20. The molecule has 0 atom stereocenters. The van der Waals surface area contributed by atoms with E-state index in [2.05, 4.69) is 46.3 Å². The molecule has 1 aromatic heterocycles. The molecule has 1 aliphatic heterocycles. The lowest BCUT2D eigenvalue weighted by Crippen LogP contribution is -2.45. The van der Waals surface area contributed by atoms with Crippen LogP contribution in [0.2, 0.25) is 8.67 Å². The Kier molecular flexibility index (Phi) is 6.95. The number of carbonyl (C=O) groups excluding carboxylic acids is 1. The van der Waals surface area contributed by atoms with E-state index in [1.165, 1.54) is 16.9 Å². The number of piperazine rings is 1. The van der Waals surface area contributed by atoms with E-state index >= 15 is 0 Å². The van der Waals surface area contributed by atoms with Gasteiger partial charge in [0.25, 0.3) is 5.91 Å². The zero-order valence-electron chi connectivity index (χ0n) is 14.8. The molecule has 3 rings (SSSR count). The van der Waals surface area contributed by atoms with Crippen LogP contribution < -0.4 is 5.32 Å². The van der Waals surface area contributed by atoms with Crippen LogP contribution >= 0.6 is 34.5 Å². The van der Waals surface area contributed by atoms with Gasteiger partial charge >= 0.3 is 0 Å². The van der Waals surface area contributed by atoms with Crippen molar-refractivity contribution in [2.24, 2.45) is 0 Å². The summed E-state index contributed by atoms with van der Waals surface area (Å²) in [6.45, 7) is 9.34. The van der Waals surface area contributed by atoms with Gasteiger partial charge in [-0.25, -0.2) is 0 Å². The average Bonchev–Trinajstić information content (AvgIpc) is 3.00. The molecule has 2 heterocycles. The predicted octanol–water partition coefficient (Wildman–Crippen LogP) is 4.12. The molecule has 4 nitrogen and oxygen atoms in total. The molecule has 2 aromatic rings. The molecule has 0 aliphatic carbocycles. The van der Waals surface area contributed by atoms with Gasteiger partial charge in [0, 0.05) is 39.3 Å². The van der Waals surface area contributed by atoms with E-state index in [4.69, 9.17) is 23.2 Å². The Morgan fingerprint density at radius 2 is 1.69 bits per heavy atom. The number of amides is 1. The molecule has 7 heteroatoms. The number of thiophene rings is 1. The van der Waals surface area contributed by atoms with Gasteiger partial charge in [-0.05, 0) is 23.7 Å². The van der Waals surface area contributed by atoms with Crippen molar-refractivity contribution in [1.82, 2.24) is 15.1 Å². The Balaban J connectivity index is 1.48. The Hall–Kier alpha value is -1.11. The van der Waals surface area contributed by atoms with Crippen LogP contribution in [-0.2, 0) is 13.1 Å². The van der Waals surface area contributed by atoms with Crippen LogP contribution in [0.5, 0.6) is 0 Å². The molecule has 1 fully saturated rings. The van der Waals surface area contributed by atoms with Crippen molar-refractivity contribution in [3.8, 4) is 0 Å². The van der Waals surface area contributed by atoms with Crippen LogP contribution in [0.4, 0.5) is 0 Å². The molecule has 0 spiro atoms. The molecular formula is C19H23Cl2N3OS. The lowest BCUT2D eigenvalue weighted by Gasteiger charge is -2.34. The van der Waals surface area contributed by atoms with E-state index in [1.54, 1.807) is 6.07 Å². The fraction of sp³-hybridized carbons (Fsp3) is 0.421. The highest BCUT2D eigenvalue weighted by Crippen LogP contribution is 2.31. The summed E-state index contributed by atoms with van der Waals surface area (Å²) in [6.07, 6.45) is 0. The highest BCUT2D eigenvalue weighted by atomic mass is 35.5. The number of benzene rings is 1. The number of carbonyl (C=O) groups is 1. The number of hydrogen-bond acceptors (Lipinski definition) is 4. The van der Waals surface area contributed by atoms with Crippen molar-refractivity contribution in [1.29, 1.82) is 0 Å². The standard InChI is InChI=1S/C19H23Cl2N3OS/c1-2-23-7-9-24(10-8-23)13-15-5-3-14(4-6-15)12-22-19(25)16-11-17(20)26-18(16)21/h3-6,11H,2,7-10,12-13H2,1H3,(H,22,25). The van der Waals surface area contributed by atoms with Crippen molar-refractivity contribution in [3.63, 3.8) is 0 Å². The Labute approximate surface area is 168 Å². The molecule has 1 saturated heterocycles. The normalized spacial score (nSPS) is 16.0. The number of nitrogens with zero attached hydrogens (tertiary/aromatic N) is 2. The second-order valence-corrected chi connectivity index (χ2v) is 8.73. The summed E-state index contributed by atoms with van der Waals surface area (Å²) in [5.74, 6) is -0.198. The average molecular weight is 412 g/mol. The SMILES string of the molecule is CCN1CCN(Cc2ccc(CNC(=O)c3cc(Cl)sc3Cl)cc2)CC1. The summed E-state index contributed by atoms with van der Waals surface area (Å²) in [5.41, 5.74) is 2.80. The molecule has 140 valence electrons. The van der Waals surface area contributed by atoms with Gasteiger partial charge in [-0.3, -0.25) is 9.69 Å². The number of halogens is 2. The van der Waals surface area contributed by atoms with Crippen LogP contribution in [0, 0.1) is 0 Å². The molecule has 1 amide bonds. The summed E-state index contributed by atoms with van der Waals surface area (Å²) in [7, 11) is 0. The second-order valence-electron chi connectivity index (χ2n) is 6.45. The van der Waals surface area contributed by atoms with E-state index in [1.807, 2.05) is 0 Å². The Bertz CT molecular complexity index is 740. The first-order valence-corrected chi connectivity index (χ1v) is 10.4. The third-order valence-corrected chi connectivity index (χ3v) is 6.18. The zero-order valence-corrected chi connectivity index (χ0v) is 17.1. The van der Waals surface area contributed by atoms with E-state index in [9.17, 15) is 4.79 Å². The molecule has 1 aromatic carbocycles. The summed E-state index contributed by atoms with van der Waals surface area (Å²) < 4.78 is 0.940. The van der Waals surface area contributed by atoms with E-state index in [0.717, 1.165) is 44.8 Å². The largest absolute Gasteiger partial charge is 0.348 e. The minimum Gasteiger partial charge on any atom is -0.348 e. The van der Waals surface area contributed by atoms with Gasteiger partial charge < -0.3 is 10.2 Å². The number of likely N-dealkylation sites (N-methyl/N-ethyl adjacent to an activating group) is 1. The number of hydrogen-bond donors (Lipinski definition) is 1.